The minimum absolute atomic E-state index is 0.0240. The minimum atomic E-state index is -0.0240. The Balaban J connectivity index is 0. The highest BCUT2D eigenvalue weighted by atomic mass is 16.5. The second-order valence-electron chi connectivity index (χ2n) is 5.12. The van der Waals surface area contributed by atoms with Crippen LogP contribution in [0.15, 0.2) is 24.8 Å². The lowest BCUT2D eigenvalue weighted by atomic mass is 9.88. The van der Waals surface area contributed by atoms with Crippen molar-refractivity contribution >= 4 is 5.78 Å². The molecule has 0 fully saturated rings. The lowest BCUT2D eigenvalue weighted by molar-refractivity contribution is -0.114. The molecule has 0 aromatic carbocycles. The van der Waals surface area contributed by atoms with Crippen LogP contribution in [-0.2, 0) is 23.7 Å². The van der Waals surface area contributed by atoms with Crippen LogP contribution in [0.2, 0.25) is 0 Å². The summed E-state index contributed by atoms with van der Waals surface area (Å²) < 4.78 is 20.4. The van der Waals surface area contributed by atoms with E-state index in [-0.39, 0.29) is 11.2 Å². The molecule has 0 saturated carbocycles. The minimum Gasteiger partial charge on any atom is -0.384 e. The Morgan fingerprint density at radius 1 is 1.09 bits per heavy atom. The Morgan fingerprint density at radius 3 is 1.82 bits per heavy atom. The summed E-state index contributed by atoms with van der Waals surface area (Å²) in [6, 6.07) is 0. The molecule has 130 valence electrons. The lowest BCUT2D eigenvalue weighted by Crippen LogP contribution is -2.35. The number of carbonyl (C=O) groups is 1. The fourth-order valence-electron chi connectivity index (χ4n) is 1.72. The lowest BCUT2D eigenvalue weighted by Gasteiger charge is -2.30. The third-order valence-electron chi connectivity index (χ3n) is 3.11. The van der Waals surface area contributed by atoms with E-state index in [1.165, 1.54) is 6.92 Å². The zero-order valence-corrected chi connectivity index (χ0v) is 14.8. The molecule has 0 aromatic heterocycles. The fraction of sp³-hybridized carbons (Fsp3) is 0.706. The molecule has 0 aromatic rings. The molecule has 0 bridgehead atoms. The predicted octanol–water partition coefficient (Wildman–Crippen LogP) is 2.66. The number of ketones is 1. The van der Waals surface area contributed by atoms with Crippen molar-refractivity contribution in [1.82, 2.24) is 0 Å². The molecule has 0 aliphatic heterocycles. The molecule has 0 unspecified atom stereocenters. The summed E-state index contributed by atoms with van der Waals surface area (Å²) >= 11 is 0. The summed E-state index contributed by atoms with van der Waals surface area (Å²) in [5.74, 6) is -0.0240. The molecule has 0 atom stereocenters. The standard InChI is InChI=1S/C9H20O3.C8H12O2/c1-5-9(6-10-2,7-11-3)8-12-4;1-4-5-10-6-7(2)8(3)9/h5-8H2,1-4H3;4H,1-2,5-6H2,3H3. The van der Waals surface area contributed by atoms with Gasteiger partial charge in [-0.05, 0) is 13.3 Å². The molecule has 5 heteroatoms. The smallest absolute Gasteiger partial charge is 0.157 e. The molecule has 22 heavy (non-hydrogen) atoms. The molecule has 0 rings (SSSR count). The predicted molar refractivity (Wildman–Crippen MR) is 89.2 cm³/mol. The van der Waals surface area contributed by atoms with Crippen LogP contribution >= 0.6 is 0 Å². The first kappa shape index (κ1) is 23.3. The summed E-state index contributed by atoms with van der Waals surface area (Å²) in [5.41, 5.74) is 0.528. The van der Waals surface area contributed by atoms with Gasteiger partial charge in [0.2, 0.25) is 0 Å². The molecular weight excluding hydrogens is 284 g/mol. The largest absolute Gasteiger partial charge is 0.384 e. The summed E-state index contributed by atoms with van der Waals surface area (Å²) in [7, 11) is 5.11. The van der Waals surface area contributed by atoms with Gasteiger partial charge in [-0.3, -0.25) is 4.79 Å². The van der Waals surface area contributed by atoms with E-state index in [1.807, 2.05) is 0 Å². The van der Waals surface area contributed by atoms with Gasteiger partial charge in [0.05, 0.1) is 33.0 Å². The van der Waals surface area contributed by atoms with Gasteiger partial charge >= 0.3 is 0 Å². The van der Waals surface area contributed by atoms with Crippen molar-refractivity contribution in [2.75, 3.05) is 54.4 Å². The Labute approximate surface area is 135 Å². The highest BCUT2D eigenvalue weighted by Gasteiger charge is 2.28. The number of methoxy groups -OCH3 is 3. The van der Waals surface area contributed by atoms with Crippen LogP contribution in [0.25, 0.3) is 0 Å². The van der Waals surface area contributed by atoms with Crippen LogP contribution in [0.5, 0.6) is 0 Å². The summed E-state index contributed by atoms with van der Waals surface area (Å²) in [6.07, 6.45) is 2.63. The zero-order valence-electron chi connectivity index (χ0n) is 14.8. The number of ether oxygens (including phenoxy) is 4. The molecule has 0 radical (unpaired) electrons. The average Bonchev–Trinajstić information content (AvgIpc) is 2.48. The maximum absolute atomic E-state index is 10.5. The summed E-state index contributed by atoms with van der Waals surface area (Å²) in [6.45, 7) is 13.4. The van der Waals surface area contributed by atoms with E-state index in [2.05, 4.69) is 20.1 Å². The highest BCUT2D eigenvalue weighted by Crippen LogP contribution is 2.22. The number of rotatable bonds is 12. The average molecular weight is 316 g/mol. The van der Waals surface area contributed by atoms with Crippen molar-refractivity contribution in [1.29, 1.82) is 0 Å². The third kappa shape index (κ3) is 11.6. The molecule has 0 aliphatic carbocycles. The Hall–Kier alpha value is -1.01. The Bertz CT molecular complexity index is 295. The van der Waals surface area contributed by atoms with Crippen LogP contribution in [0.4, 0.5) is 0 Å². The number of hydrogen-bond acceptors (Lipinski definition) is 5. The van der Waals surface area contributed by atoms with Crippen molar-refractivity contribution in [3.63, 3.8) is 0 Å². The quantitative estimate of drug-likeness (QED) is 0.315. The second-order valence-corrected chi connectivity index (χ2v) is 5.12. The van der Waals surface area contributed by atoms with Gasteiger partial charge in [-0.15, -0.1) is 6.58 Å². The number of hydrogen-bond donors (Lipinski definition) is 0. The molecule has 0 N–H and O–H groups in total. The van der Waals surface area contributed by atoms with Gasteiger partial charge in [-0.2, -0.15) is 0 Å². The van der Waals surface area contributed by atoms with E-state index in [4.69, 9.17) is 18.9 Å². The van der Waals surface area contributed by atoms with Gasteiger partial charge < -0.3 is 18.9 Å². The molecule has 0 aliphatic rings. The van der Waals surface area contributed by atoms with E-state index in [9.17, 15) is 4.79 Å². The normalized spacial score (nSPS) is 10.6. The molecule has 0 saturated heterocycles. The van der Waals surface area contributed by atoms with Crippen LogP contribution in [0.3, 0.4) is 0 Å². The maximum atomic E-state index is 10.5. The van der Waals surface area contributed by atoms with Gasteiger partial charge in [0.1, 0.15) is 0 Å². The molecule has 0 amide bonds. The zero-order chi connectivity index (χ0) is 17.4. The second kappa shape index (κ2) is 14.9. The van der Waals surface area contributed by atoms with Crippen molar-refractivity contribution < 1.29 is 23.7 Å². The highest BCUT2D eigenvalue weighted by molar-refractivity contribution is 5.92. The van der Waals surface area contributed by atoms with Gasteiger partial charge in [0.15, 0.2) is 5.78 Å². The van der Waals surface area contributed by atoms with Crippen LogP contribution in [0.1, 0.15) is 20.3 Å². The maximum Gasteiger partial charge on any atom is 0.157 e. The van der Waals surface area contributed by atoms with E-state index in [0.29, 0.717) is 38.6 Å². The number of Topliss-reactive ketones (excluding diaryl/α,β-unsaturated/α-hetero) is 1. The van der Waals surface area contributed by atoms with Gasteiger partial charge in [0, 0.05) is 32.3 Å². The SMILES string of the molecule is C=CCOCC(=C)C(C)=O.CCC(COC)(COC)COC. The van der Waals surface area contributed by atoms with E-state index >= 15 is 0 Å². The monoisotopic (exact) mass is 316 g/mol. The van der Waals surface area contributed by atoms with Crippen LogP contribution in [0, 0.1) is 5.41 Å². The van der Waals surface area contributed by atoms with E-state index in [0.717, 1.165) is 6.42 Å². The van der Waals surface area contributed by atoms with Crippen molar-refractivity contribution in [3.8, 4) is 0 Å². The summed E-state index contributed by atoms with van der Waals surface area (Å²) in [4.78, 5) is 10.5. The van der Waals surface area contributed by atoms with E-state index in [1.54, 1.807) is 27.4 Å². The van der Waals surface area contributed by atoms with Gasteiger partial charge in [0.25, 0.3) is 0 Å². The molecular formula is C17H32O5. The van der Waals surface area contributed by atoms with E-state index < -0.39 is 0 Å². The number of carbonyl (C=O) groups excluding carboxylic acids is 1. The summed E-state index contributed by atoms with van der Waals surface area (Å²) in [5, 5.41) is 0. The molecule has 5 nitrogen and oxygen atoms in total. The molecule has 0 heterocycles. The fourth-order valence-corrected chi connectivity index (χ4v) is 1.72. The van der Waals surface area contributed by atoms with Gasteiger partial charge in [-0.25, -0.2) is 0 Å². The first-order valence-corrected chi connectivity index (χ1v) is 7.27. The van der Waals surface area contributed by atoms with Crippen molar-refractivity contribution in [2.45, 2.75) is 20.3 Å². The van der Waals surface area contributed by atoms with Crippen LogP contribution < -0.4 is 0 Å². The Kier molecular flexibility index (Phi) is 15.8. The Morgan fingerprint density at radius 2 is 1.55 bits per heavy atom. The first-order valence-electron chi connectivity index (χ1n) is 7.27. The van der Waals surface area contributed by atoms with Crippen LogP contribution in [-0.4, -0.2) is 60.1 Å². The van der Waals surface area contributed by atoms with Gasteiger partial charge in [-0.1, -0.05) is 19.6 Å². The van der Waals surface area contributed by atoms with Crippen molar-refractivity contribution in [2.24, 2.45) is 5.41 Å². The van der Waals surface area contributed by atoms with Crippen molar-refractivity contribution in [3.05, 3.63) is 24.8 Å². The molecule has 0 spiro atoms. The first-order chi connectivity index (χ1) is 10.4. The third-order valence-corrected chi connectivity index (χ3v) is 3.11. The topological polar surface area (TPSA) is 54.0 Å².